The smallest absolute Gasteiger partial charge is 0.161 e. The molecular formula is C17H26N2O3. The number of ether oxygens (including phenoxy) is 3. The summed E-state index contributed by atoms with van der Waals surface area (Å²) in [5.41, 5.74) is 1.18. The molecule has 1 heterocycles. The Kier molecular flexibility index (Phi) is 7.22. The van der Waals surface area contributed by atoms with Crippen molar-refractivity contribution in [2.45, 2.75) is 6.54 Å². The van der Waals surface area contributed by atoms with E-state index >= 15 is 0 Å². The molecule has 1 aliphatic heterocycles. The van der Waals surface area contributed by atoms with Crippen LogP contribution in [0.3, 0.4) is 0 Å². The minimum absolute atomic E-state index is 0.480. The molecule has 0 amide bonds. The molecule has 0 spiro atoms. The quantitative estimate of drug-likeness (QED) is 0.555. The zero-order valence-electron chi connectivity index (χ0n) is 13.3. The summed E-state index contributed by atoms with van der Waals surface area (Å²) >= 11 is 0. The first kappa shape index (κ1) is 16.8. The Morgan fingerprint density at radius 1 is 1.32 bits per heavy atom. The maximum absolute atomic E-state index is 5.56. The van der Waals surface area contributed by atoms with E-state index < -0.39 is 0 Å². The largest absolute Gasteiger partial charge is 0.493 e. The molecule has 0 bridgehead atoms. The lowest BCUT2D eigenvalue weighted by Gasteiger charge is -2.26. The van der Waals surface area contributed by atoms with Gasteiger partial charge >= 0.3 is 0 Å². The molecule has 2 rings (SSSR count). The highest BCUT2D eigenvalue weighted by molar-refractivity contribution is 5.43. The lowest BCUT2D eigenvalue weighted by Crippen LogP contribution is -2.40. The van der Waals surface area contributed by atoms with Crippen LogP contribution in [-0.4, -0.2) is 58.0 Å². The van der Waals surface area contributed by atoms with E-state index in [1.54, 1.807) is 13.2 Å². The van der Waals surface area contributed by atoms with E-state index in [0.717, 1.165) is 57.4 Å². The van der Waals surface area contributed by atoms with E-state index in [-0.39, 0.29) is 0 Å². The topological polar surface area (TPSA) is 43.0 Å². The highest BCUT2D eigenvalue weighted by Crippen LogP contribution is 2.27. The summed E-state index contributed by atoms with van der Waals surface area (Å²) < 4.78 is 16.3. The summed E-state index contributed by atoms with van der Waals surface area (Å²) in [4.78, 5) is 2.42. The molecule has 0 radical (unpaired) electrons. The molecule has 1 aromatic carbocycles. The molecule has 0 unspecified atom stereocenters. The number of methoxy groups -OCH3 is 1. The number of benzene rings is 1. The molecule has 122 valence electrons. The zero-order chi connectivity index (χ0) is 15.6. The highest BCUT2D eigenvalue weighted by Gasteiger charge is 2.09. The first-order chi connectivity index (χ1) is 10.8. The Bertz CT molecular complexity index is 459. The van der Waals surface area contributed by atoms with Crippen LogP contribution in [0.5, 0.6) is 11.5 Å². The van der Waals surface area contributed by atoms with Gasteiger partial charge in [-0.25, -0.2) is 0 Å². The highest BCUT2D eigenvalue weighted by atomic mass is 16.5. The van der Waals surface area contributed by atoms with Crippen molar-refractivity contribution in [3.63, 3.8) is 0 Å². The molecule has 0 atom stereocenters. The second kappa shape index (κ2) is 9.46. The first-order valence-electron chi connectivity index (χ1n) is 7.75. The third-order valence-electron chi connectivity index (χ3n) is 3.62. The van der Waals surface area contributed by atoms with E-state index in [9.17, 15) is 0 Å². The summed E-state index contributed by atoms with van der Waals surface area (Å²) in [5, 5.41) is 3.47. The molecule has 5 nitrogen and oxygen atoms in total. The lowest BCUT2D eigenvalue weighted by atomic mass is 10.2. The second-order valence-corrected chi connectivity index (χ2v) is 5.22. The standard InChI is InChI=1S/C17H26N2O3/c1-3-10-22-16-5-4-15(13-17(16)20-2)14-18-6-7-19-8-11-21-12-9-19/h3-5,13,18H,1,6-12,14H2,2H3. The van der Waals surface area contributed by atoms with Crippen molar-refractivity contribution >= 4 is 0 Å². The first-order valence-corrected chi connectivity index (χ1v) is 7.75. The number of hydrogen-bond donors (Lipinski definition) is 1. The van der Waals surface area contributed by atoms with Crippen LogP contribution in [0.4, 0.5) is 0 Å². The van der Waals surface area contributed by atoms with Crippen molar-refractivity contribution in [3.8, 4) is 11.5 Å². The summed E-state index contributed by atoms with van der Waals surface area (Å²) in [6.07, 6.45) is 1.72. The van der Waals surface area contributed by atoms with Gasteiger partial charge in [0.2, 0.25) is 0 Å². The van der Waals surface area contributed by atoms with Crippen molar-refractivity contribution in [3.05, 3.63) is 36.4 Å². The summed E-state index contributed by atoms with van der Waals surface area (Å²) in [6.45, 7) is 10.7. The molecule has 0 aliphatic carbocycles. The van der Waals surface area contributed by atoms with Crippen molar-refractivity contribution in [2.24, 2.45) is 0 Å². The molecule has 1 saturated heterocycles. The van der Waals surface area contributed by atoms with Gasteiger partial charge in [0.1, 0.15) is 6.61 Å². The van der Waals surface area contributed by atoms with Crippen LogP contribution in [0, 0.1) is 0 Å². The Morgan fingerprint density at radius 2 is 2.14 bits per heavy atom. The molecular weight excluding hydrogens is 280 g/mol. The van der Waals surface area contributed by atoms with Crippen LogP contribution < -0.4 is 14.8 Å². The predicted octanol–water partition coefficient (Wildman–Crippen LogP) is 1.68. The van der Waals surface area contributed by atoms with Gasteiger partial charge in [0.25, 0.3) is 0 Å². The SMILES string of the molecule is C=CCOc1ccc(CNCCN2CCOCC2)cc1OC. The van der Waals surface area contributed by atoms with Crippen molar-refractivity contribution < 1.29 is 14.2 Å². The van der Waals surface area contributed by atoms with Gasteiger partial charge in [-0.2, -0.15) is 0 Å². The van der Waals surface area contributed by atoms with Crippen LogP contribution in [0.15, 0.2) is 30.9 Å². The predicted molar refractivity (Wildman–Crippen MR) is 87.7 cm³/mol. The number of nitrogens with zero attached hydrogens (tertiary/aromatic N) is 1. The van der Waals surface area contributed by atoms with Gasteiger partial charge in [0.05, 0.1) is 20.3 Å². The summed E-state index contributed by atoms with van der Waals surface area (Å²) in [5.74, 6) is 1.51. The van der Waals surface area contributed by atoms with Gasteiger partial charge in [-0.3, -0.25) is 4.90 Å². The van der Waals surface area contributed by atoms with Crippen molar-refractivity contribution in [1.82, 2.24) is 10.2 Å². The number of nitrogens with one attached hydrogen (secondary N) is 1. The molecule has 1 N–H and O–H groups in total. The molecule has 5 heteroatoms. The number of hydrogen-bond acceptors (Lipinski definition) is 5. The van der Waals surface area contributed by atoms with E-state index in [0.29, 0.717) is 6.61 Å². The van der Waals surface area contributed by atoms with E-state index in [1.807, 2.05) is 12.1 Å². The normalized spacial score (nSPS) is 15.5. The van der Waals surface area contributed by atoms with Crippen molar-refractivity contribution in [1.29, 1.82) is 0 Å². The van der Waals surface area contributed by atoms with Gasteiger partial charge in [-0.05, 0) is 17.7 Å². The molecule has 22 heavy (non-hydrogen) atoms. The van der Waals surface area contributed by atoms with Crippen LogP contribution in [0.25, 0.3) is 0 Å². The van der Waals surface area contributed by atoms with Crippen LogP contribution in [0.1, 0.15) is 5.56 Å². The van der Waals surface area contributed by atoms with Gasteiger partial charge in [-0.1, -0.05) is 18.7 Å². The fraction of sp³-hybridized carbons (Fsp3) is 0.529. The fourth-order valence-electron chi connectivity index (χ4n) is 2.38. The minimum atomic E-state index is 0.480. The monoisotopic (exact) mass is 306 g/mol. The Morgan fingerprint density at radius 3 is 2.86 bits per heavy atom. The van der Waals surface area contributed by atoms with Crippen molar-refractivity contribution in [2.75, 3.05) is 53.1 Å². The fourth-order valence-corrected chi connectivity index (χ4v) is 2.38. The summed E-state index contributed by atoms with van der Waals surface area (Å²) in [7, 11) is 1.66. The van der Waals surface area contributed by atoms with Crippen LogP contribution >= 0.6 is 0 Å². The number of morpholine rings is 1. The maximum atomic E-state index is 5.56. The van der Waals surface area contributed by atoms with E-state index in [2.05, 4.69) is 22.9 Å². The van der Waals surface area contributed by atoms with Crippen LogP contribution in [-0.2, 0) is 11.3 Å². The Balaban J connectivity index is 1.75. The third-order valence-corrected chi connectivity index (χ3v) is 3.62. The van der Waals surface area contributed by atoms with Gasteiger partial charge in [0.15, 0.2) is 11.5 Å². The summed E-state index contributed by atoms with van der Waals surface area (Å²) in [6, 6.07) is 6.02. The second-order valence-electron chi connectivity index (χ2n) is 5.22. The minimum Gasteiger partial charge on any atom is -0.493 e. The maximum Gasteiger partial charge on any atom is 0.161 e. The van der Waals surface area contributed by atoms with E-state index in [4.69, 9.17) is 14.2 Å². The molecule has 1 aliphatic rings. The number of rotatable bonds is 9. The van der Waals surface area contributed by atoms with Gasteiger partial charge in [-0.15, -0.1) is 0 Å². The van der Waals surface area contributed by atoms with E-state index in [1.165, 1.54) is 5.56 Å². The van der Waals surface area contributed by atoms with Gasteiger partial charge in [0, 0.05) is 32.7 Å². The average molecular weight is 306 g/mol. The zero-order valence-corrected chi connectivity index (χ0v) is 13.3. The van der Waals surface area contributed by atoms with Gasteiger partial charge < -0.3 is 19.5 Å². The Hall–Kier alpha value is -1.56. The third kappa shape index (κ3) is 5.33. The molecule has 1 fully saturated rings. The average Bonchev–Trinajstić information content (AvgIpc) is 2.58. The molecule has 0 saturated carbocycles. The molecule has 1 aromatic rings. The lowest BCUT2D eigenvalue weighted by molar-refractivity contribution is 0.0384. The Labute approximate surface area is 132 Å². The molecule has 0 aromatic heterocycles. The van der Waals surface area contributed by atoms with Crippen LogP contribution in [0.2, 0.25) is 0 Å².